The third-order valence-corrected chi connectivity index (χ3v) is 6.20. The molecule has 2 fully saturated rings. The van der Waals surface area contributed by atoms with Gasteiger partial charge in [0, 0.05) is 31.7 Å². The standard InChI is InChI=1S/C26H32N2O6/c1-2-3-14-33-20-8-4-7-19(18-20)24(29)22-23(21-9-5-15-34-21)28(26(31)25(22)30)11-6-10-27-12-16-32-17-13-27/h4-5,7-9,15,18,23,29H,2-3,6,10-14,16-17H2,1H3/b24-22+. The van der Waals surface area contributed by atoms with E-state index in [0.29, 0.717) is 49.9 Å². The van der Waals surface area contributed by atoms with E-state index < -0.39 is 17.7 Å². The van der Waals surface area contributed by atoms with Gasteiger partial charge in [-0.2, -0.15) is 0 Å². The predicted octanol–water partition coefficient (Wildman–Crippen LogP) is 3.60. The van der Waals surface area contributed by atoms with Gasteiger partial charge in [0.15, 0.2) is 0 Å². The Kier molecular flexibility index (Phi) is 8.03. The summed E-state index contributed by atoms with van der Waals surface area (Å²) in [5.41, 5.74) is 0.467. The normalized spacial score (nSPS) is 20.7. The van der Waals surface area contributed by atoms with Crippen molar-refractivity contribution in [3.05, 3.63) is 59.6 Å². The zero-order valence-corrected chi connectivity index (χ0v) is 19.6. The zero-order chi connectivity index (χ0) is 23.9. The molecule has 8 nitrogen and oxygen atoms in total. The molecule has 2 aliphatic heterocycles. The number of ketones is 1. The molecule has 1 aromatic carbocycles. The van der Waals surface area contributed by atoms with Crippen LogP contribution in [0.4, 0.5) is 0 Å². The van der Waals surface area contributed by atoms with Gasteiger partial charge in [-0.3, -0.25) is 14.5 Å². The Labute approximate surface area is 199 Å². The topological polar surface area (TPSA) is 92.5 Å². The minimum absolute atomic E-state index is 0.0389. The number of benzene rings is 1. The van der Waals surface area contributed by atoms with Gasteiger partial charge in [-0.25, -0.2) is 0 Å². The highest BCUT2D eigenvalue weighted by atomic mass is 16.5. The van der Waals surface area contributed by atoms with Crippen LogP contribution in [0.25, 0.3) is 5.76 Å². The van der Waals surface area contributed by atoms with Crippen molar-refractivity contribution in [1.29, 1.82) is 0 Å². The first kappa shape index (κ1) is 24.0. The SMILES string of the molecule is CCCCOc1cccc(/C(O)=C2\C(=O)C(=O)N(CCCN3CCOCC3)C2c2ccco2)c1. The number of ether oxygens (including phenoxy) is 2. The molecule has 182 valence electrons. The number of hydrogen-bond acceptors (Lipinski definition) is 7. The van der Waals surface area contributed by atoms with E-state index in [2.05, 4.69) is 11.8 Å². The monoisotopic (exact) mass is 468 g/mol. The molecule has 0 saturated carbocycles. The van der Waals surface area contributed by atoms with Crippen LogP contribution in [0.2, 0.25) is 0 Å². The number of nitrogens with zero attached hydrogens (tertiary/aromatic N) is 2. The highest BCUT2D eigenvalue weighted by Crippen LogP contribution is 2.40. The second-order valence-corrected chi connectivity index (χ2v) is 8.55. The maximum atomic E-state index is 13.1. The van der Waals surface area contributed by atoms with Gasteiger partial charge in [-0.1, -0.05) is 25.5 Å². The van der Waals surface area contributed by atoms with Crippen molar-refractivity contribution in [3.8, 4) is 5.75 Å². The molecule has 34 heavy (non-hydrogen) atoms. The number of amides is 1. The highest BCUT2D eigenvalue weighted by molar-refractivity contribution is 6.46. The quantitative estimate of drug-likeness (QED) is 0.246. The Balaban J connectivity index is 1.59. The van der Waals surface area contributed by atoms with E-state index in [0.717, 1.165) is 32.5 Å². The van der Waals surface area contributed by atoms with Crippen molar-refractivity contribution in [3.63, 3.8) is 0 Å². The van der Waals surface area contributed by atoms with Crippen molar-refractivity contribution in [1.82, 2.24) is 9.80 Å². The highest BCUT2D eigenvalue weighted by Gasteiger charge is 2.47. The lowest BCUT2D eigenvalue weighted by Crippen LogP contribution is -2.38. The molecule has 4 rings (SSSR count). The molecule has 0 aliphatic carbocycles. The average Bonchev–Trinajstić information content (AvgIpc) is 3.47. The van der Waals surface area contributed by atoms with Crippen LogP contribution in [0.3, 0.4) is 0 Å². The molecule has 2 aromatic rings. The molecule has 0 spiro atoms. The molecule has 1 N–H and O–H groups in total. The molecule has 1 atom stereocenters. The number of aliphatic hydroxyl groups is 1. The lowest BCUT2D eigenvalue weighted by Gasteiger charge is -2.28. The number of Topliss-reactive ketones (excluding diaryl/α,β-unsaturated/α-hetero) is 1. The van der Waals surface area contributed by atoms with Crippen molar-refractivity contribution < 1.29 is 28.6 Å². The summed E-state index contributed by atoms with van der Waals surface area (Å²) < 4.78 is 16.7. The van der Waals surface area contributed by atoms with Crippen LogP contribution in [0.1, 0.15) is 43.6 Å². The molecule has 0 bridgehead atoms. The van der Waals surface area contributed by atoms with Crippen LogP contribution in [-0.4, -0.2) is 72.6 Å². The number of hydrogen-bond donors (Lipinski definition) is 1. The van der Waals surface area contributed by atoms with Crippen molar-refractivity contribution in [2.45, 2.75) is 32.2 Å². The van der Waals surface area contributed by atoms with E-state index in [1.807, 2.05) is 0 Å². The summed E-state index contributed by atoms with van der Waals surface area (Å²) in [7, 11) is 0. The van der Waals surface area contributed by atoms with E-state index >= 15 is 0 Å². The van der Waals surface area contributed by atoms with Crippen LogP contribution >= 0.6 is 0 Å². The number of aliphatic hydroxyl groups excluding tert-OH is 1. The fourth-order valence-electron chi connectivity index (χ4n) is 4.37. The summed E-state index contributed by atoms with van der Waals surface area (Å²) in [6, 6.07) is 9.62. The van der Waals surface area contributed by atoms with Crippen molar-refractivity contribution in [2.24, 2.45) is 0 Å². The van der Waals surface area contributed by atoms with Crippen LogP contribution in [-0.2, 0) is 14.3 Å². The van der Waals surface area contributed by atoms with Gasteiger partial charge in [-0.05, 0) is 37.1 Å². The number of furan rings is 1. The number of carbonyl (C=O) groups excluding carboxylic acids is 2. The summed E-state index contributed by atoms with van der Waals surface area (Å²) in [5.74, 6) is -0.506. The molecule has 8 heteroatoms. The minimum Gasteiger partial charge on any atom is -0.507 e. The molecule has 1 amide bonds. The Morgan fingerprint density at radius 2 is 1.94 bits per heavy atom. The van der Waals surface area contributed by atoms with Crippen LogP contribution in [0, 0.1) is 0 Å². The van der Waals surface area contributed by atoms with E-state index in [1.54, 1.807) is 36.4 Å². The maximum Gasteiger partial charge on any atom is 0.295 e. The zero-order valence-electron chi connectivity index (χ0n) is 19.6. The lowest BCUT2D eigenvalue weighted by atomic mass is 9.99. The first-order chi connectivity index (χ1) is 16.6. The largest absolute Gasteiger partial charge is 0.507 e. The third-order valence-electron chi connectivity index (χ3n) is 6.20. The smallest absolute Gasteiger partial charge is 0.295 e. The summed E-state index contributed by atoms with van der Waals surface area (Å²) in [6.07, 6.45) is 4.14. The van der Waals surface area contributed by atoms with E-state index in [9.17, 15) is 14.7 Å². The summed E-state index contributed by atoms with van der Waals surface area (Å²) in [4.78, 5) is 29.9. The third kappa shape index (κ3) is 5.34. The van der Waals surface area contributed by atoms with Crippen molar-refractivity contribution >= 4 is 17.4 Å². The fraction of sp³-hybridized carbons (Fsp3) is 0.462. The second kappa shape index (κ2) is 11.4. The summed E-state index contributed by atoms with van der Waals surface area (Å²) in [5, 5.41) is 11.2. The molecule has 1 unspecified atom stereocenters. The van der Waals surface area contributed by atoms with Crippen LogP contribution < -0.4 is 4.74 Å². The summed E-state index contributed by atoms with van der Waals surface area (Å²) >= 11 is 0. The first-order valence-electron chi connectivity index (χ1n) is 11.9. The number of unbranched alkanes of at least 4 members (excludes halogenated alkanes) is 1. The fourth-order valence-corrected chi connectivity index (χ4v) is 4.37. The Morgan fingerprint density at radius 1 is 1.12 bits per heavy atom. The molecular formula is C26H32N2O6. The molecule has 2 saturated heterocycles. The van der Waals surface area contributed by atoms with Gasteiger partial charge in [0.1, 0.15) is 23.3 Å². The van der Waals surface area contributed by atoms with Crippen LogP contribution in [0.5, 0.6) is 5.75 Å². The Hall–Kier alpha value is -3.10. The summed E-state index contributed by atoms with van der Waals surface area (Å²) in [6.45, 7) is 6.96. The second-order valence-electron chi connectivity index (χ2n) is 8.55. The van der Waals surface area contributed by atoms with Crippen molar-refractivity contribution in [2.75, 3.05) is 46.0 Å². The molecule has 3 heterocycles. The molecular weight excluding hydrogens is 436 g/mol. The van der Waals surface area contributed by atoms with E-state index in [4.69, 9.17) is 13.9 Å². The maximum absolute atomic E-state index is 13.1. The molecule has 1 aromatic heterocycles. The van der Waals surface area contributed by atoms with Gasteiger partial charge in [-0.15, -0.1) is 0 Å². The Morgan fingerprint density at radius 3 is 2.68 bits per heavy atom. The lowest BCUT2D eigenvalue weighted by molar-refractivity contribution is -0.140. The number of carbonyl (C=O) groups is 2. The van der Waals surface area contributed by atoms with Gasteiger partial charge in [0.2, 0.25) is 0 Å². The van der Waals surface area contributed by atoms with Gasteiger partial charge in [0.25, 0.3) is 11.7 Å². The predicted molar refractivity (Wildman–Crippen MR) is 126 cm³/mol. The Bertz CT molecular complexity index is 1010. The number of rotatable bonds is 10. The van der Waals surface area contributed by atoms with E-state index in [1.165, 1.54) is 11.2 Å². The molecule has 2 aliphatic rings. The van der Waals surface area contributed by atoms with E-state index in [-0.39, 0.29) is 11.3 Å². The van der Waals surface area contributed by atoms with Crippen LogP contribution in [0.15, 0.2) is 52.7 Å². The first-order valence-corrected chi connectivity index (χ1v) is 11.9. The molecule has 0 radical (unpaired) electrons. The average molecular weight is 469 g/mol. The van der Waals surface area contributed by atoms with Gasteiger partial charge >= 0.3 is 0 Å². The van der Waals surface area contributed by atoms with Gasteiger partial charge < -0.3 is 23.9 Å². The minimum atomic E-state index is -0.774. The van der Waals surface area contributed by atoms with Gasteiger partial charge in [0.05, 0.1) is 31.7 Å². The number of morpholine rings is 1. The number of likely N-dealkylation sites (tertiary alicyclic amines) is 1.